The number of hydrogen-bond acceptors (Lipinski definition) is 5. The van der Waals surface area contributed by atoms with E-state index >= 15 is 0 Å². The molecule has 0 saturated carbocycles. The van der Waals surface area contributed by atoms with Crippen LogP contribution in [0.15, 0.2) is 40.1 Å². The lowest BCUT2D eigenvalue weighted by Gasteiger charge is -2.08. The van der Waals surface area contributed by atoms with Crippen molar-refractivity contribution in [3.05, 3.63) is 73.1 Å². The van der Waals surface area contributed by atoms with Crippen molar-refractivity contribution in [2.45, 2.75) is 33.2 Å². The van der Waals surface area contributed by atoms with Crippen LogP contribution in [0.2, 0.25) is 0 Å². The molecule has 0 atom stereocenters. The van der Waals surface area contributed by atoms with Crippen molar-refractivity contribution >= 4 is 38.4 Å². The molecular weight excluding hydrogens is 421 g/mol. The Labute approximate surface area is 179 Å². The summed E-state index contributed by atoms with van der Waals surface area (Å²) in [4.78, 5) is 44.2. The fourth-order valence-corrected chi connectivity index (χ4v) is 5.05. The van der Waals surface area contributed by atoms with Gasteiger partial charge in [0.25, 0.3) is 5.56 Å². The maximum absolute atomic E-state index is 13.7. The van der Waals surface area contributed by atoms with Crippen molar-refractivity contribution in [2.24, 2.45) is 5.92 Å². The van der Waals surface area contributed by atoms with E-state index in [1.165, 1.54) is 16.7 Å². The Kier molecular flexibility index (Phi) is 5.45. The summed E-state index contributed by atoms with van der Waals surface area (Å²) in [5, 5.41) is 10.5. The number of rotatable bonds is 6. The number of halogens is 1. The summed E-state index contributed by atoms with van der Waals surface area (Å²) in [7, 11) is 0. The lowest BCUT2D eigenvalue weighted by atomic mass is 10.0. The number of aromatic nitrogens is 3. The number of thiophene rings is 1. The first-order valence-corrected chi connectivity index (χ1v) is 10.6. The highest BCUT2D eigenvalue weighted by Gasteiger charge is 2.24. The normalized spacial score (nSPS) is 11.6. The number of H-pyrrole nitrogens is 1. The molecule has 0 fully saturated rings. The number of nitrogens with zero attached hydrogens (tertiary/aromatic N) is 2. The summed E-state index contributed by atoms with van der Waals surface area (Å²) in [6.07, 6.45) is 2.39. The molecule has 0 aliphatic carbocycles. The molecule has 4 rings (SSSR count). The number of fused-ring (bicyclic) bond motifs is 2. The van der Waals surface area contributed by atoms with Crippen LogP contribution in [0.5, 0.6) is 0 Å². The van der Waals surface area contributed by atoms with E-state index < -0.39 is 17.2 Å². The van der Waals surface area contributed by atoms with Crippen molar-refractivity contribution in [1.29, 1.82) is 0 Å². The van der Waals surface area contributed by atoms with Crippen LogP contribution >= 0.6 is 11.3 Å². The molecule has 4 aromatic rings. The van der Waals surface area contributed by atoms with Gasteiger partial charge in [0.05, 0.1) is 16.5 Å². The van der Waals surface area contributed by atoms with Crippen LogP contribution < -0.4 is 11.2 Å². The number of benzene rings is 1. The maximum Gasteiger partial charge on any atom is 0.337 e. The quantitative estimate of drug-likeness (QED) is 0.476. The van der Waals surface area contributed by atoms with E-state index in [-0.39, 0.29) is 22.7 Å². The number of carboxylic acid groups (broad SMARTS) is 1. The van der Waals surface area contributed by atoms with Crippen LogP contribution in [0.1, 0.15) is 34.6 Å². The SMILES string of the molecule is CC(C)Cn1c(=O)[nH]c(=O)c2c(C(=O)O)c(CCc3ccnc4ccc(F)cc34)sc21. The minimum atomic E-state index is -1.22. The van der Waals surface area contributed by atoms with Crippen molar-refractivity contribution in [3.8, 4) is 0 Å². The van der Waals surface area contributed by atoms with Gasteiger partial charge in [-0.15, -0.1) is 11.3 Å². The molecule has 0 unspecified atom stereocenters. The van der Waals surface area contributed by atoms with Gasteiger partial charge in [-0.05, 0) is 48.6 Å². The van der Waals surface area contributed by atoms with E-state index in [9.17, 15) is 23.9 Å². The Balaban J connectivity index is 1.83. The number of aryl methyl sites for hydroxylation is 2. The number of carbonyl (C=O) groups is 1. The lowest BCUT2D eigenvalue weighted by molar-refractivity contribution is 0.0698. The summed E-state index contributed by atoms with van der Waals surface area (Å²) in [5.41, 5.74) is 0.147. The van der Waals surface area contributed by atoms with Crippen LogP contribution in [0, 0.1) is 11.7 Å². The Morgan fingerprint density at radius 3 is 2.74 bits per heavy atom. The summed E-state index contributed by atoms with van der Waals surface area (Å²) >= 11 is 1.15. The smallest absolute Gasteiger partial charge is 0.337 e. The van der Waals surface area contributed by atoms with Crippen LogP contribution in [0.25, 0.3) is 21.1 Å². The number of nitrogens with one attached hydrogen (secondary N) is 1. The molecule has 7 nitrogen and oxygen atoms in total. The zero-order valence-electron chi connectivity index (χ0n) is 16.9. The number of carboxylic acids is 1. The summed E-state index contributed by atoms with van der Waals surface area (Å²) in [6.45, 7) is 4.23. The standard InChI is InChI=1S/C22H20FN3O4S/c1-11(2)10-26-20-18(19(27)25-22(26)30)17(21(28)29)16(31-20)6-3-12-7-8-24-15-5-4-13(23)9-14(12)15/h4-5,7-9,11H,3,6,10H2,1-2H3,(H,28,29)(H,25,27,30). The number of aromatic amines is 1. The van der Waals surface area contributed by atoms with Crippen LogP contribution in [0.3, 0.4) is 0 Å². The Bertz CT molecular complexity index is 1430. The van der Waals surface area contributed by atoms with Crippen molar-refractivity contribution in [2.75, 3.05) is 0 Å². The first-order chi connectivity index (χ1) is 14.8. The molecule has 0 radical (unpaired) electrons. The second-order valence-electron chi connectivity index (χ2n) is 7.78. The van der Waals surface area contributed by atoms with Gasteiger partial charge in [0.2, 0.25) is 0 Å². The monoisotopic (exact) mass is 441 g/mol. The van der Waals surface area contributed by atoms with E-state index in [1.54, 1.807) is 18.3 Å². The first-order valence-electron chi connectivity index (χ1n) is 9.81. The molecule has 31 heavy (non-hydrogen) atoms. The number of hydrogen-bond donors (Lipinski definition) is 2. The molecule has 1 aromatic carbocycles. The Morgan fingerprint density at radius 1 is 1.26 bits per heavy atom. The van der Waals surface area contributed by atoms with Gasteiger partial charge in [-0.2, -0.15) is 0 Å². The third-order valence-corrected chi connectivity index (χ3v) is 6.35. The van der Waals surface area contributed by atoms with Crippen LogP contribution in [0.4, 0.5) is 4.39 Å². The molecule has 3 aromatic heterocycles. The zero-order chi connectivity index (χ0) is 22.3. The lowest BCUT2D eigenvalue weighted by Crippen LogP contribution is -2.31. The molecule has 9 heteroatoms. The minimum Gasteiger partial charge on any atom is -0.478 e. The van der Waals surface area contributed by atoms with E-state index in [0.29, 0.717) is 40.0 Å². The largest absolute Gasteiger partial charge is 0.478 e. The molecule has 0 amide bonds. The fourth-order valence-electron chi connectivity index (χ4n) is 3.76. The van der Waals surface area contributed by atoms with Gasteiger partial charge in [0.1, 0.15) is 10.6 Å². The summed E-state index contributed by atoms with van der Waals surface area (Å²) in [6, 6.07) is 6.12. The number of pyridine rings is 1. The van der Waals surface area contributed by atoms with Gasteiger partial charge in [-0.3, -0.25) is 19.3 Å². The first kappa shape index (κ1) is 20.9. The molecule has 0 spiro atoms. The average molecular weight is 441 g/mol. The predicted octanol–water partition coefficient (Wildman–Crippen LogP) is 3.58. The van der Waals surface area contributed by atoms with E-state index in [1.807, 2.05) is 13.8 Å². The minimum absolute atomic E-state index is 0.0263. The fraction of sp³-hybridized carbons (Fsp3) is 0.273. The Hall–Kier alpha value is -3.33. The van der Waals surface area contributed by atoms with Gasteiger partial charge in [-0.1, -0.05) is 13.8 Å². The van der Waals surface area contributed by atoms with Gasteiger partial charge in [0.15, 0.2) is 0 Å². The molecule has 0 bridgehead atoms. The summed E-state index contributed by atoms with van der Waals surface area (Å²) < 4.78 is 15.2. The highest BCUT2D eigenvalue weighted by atomic mass is 32.1. The van der Waals surface area contributed by atoms with E-state index in [0.717, 1.165) is 16.9 Å². The van der Waals surface area contributed by atoms with Gasteiger partial charge < -0.3 is 5.11 Å². The van der Waals surface area contributed by atoms with Crippen LogP contribution in [-0.4, -0.2) is 25.6 Å². The second-order valence-corrected chi connectivity index (χ2v) is 8.86. The summed E-state index contributed by atoms with van der Waals surface area (Å²) in [5.74, 6) is -1.46. The third-order valence-electron chi connectivity index (χ3n) is 5.08. The van der Waals surface area contributed by atoms with E-state index in [2.05, 4.69) is 9.97 Å². The topological polar surface area (TPSA) is 105 Å². The van der Waals surface area contributed by atoms with Gasteiger partial charge in [0, 0.05) is 23.0 Å². The van der Waals surface area contributed by atoms with Gasteiger partial charge in [-0.25, -0.2) is 14.0 Å². The molecule has 0 saturated heterocycles. The number of aromatic carboxylic acids is 1. The van der Waals surface area contributed by atoms with Crippen molar-refractivity contribution in [3.63, 3.8) is 0 Å². The molecular formula is C22H20FN3O4S. The molecule has 0 aliphatic heterocycles. The molecule has 0 aliphatic rings. The average Bonchev–Trinajstić information content (AvgIpc) is 3.09. The molecule has 3 heterocycles. The molecule has 2 N–H and O–H groups in total. The van der Waals surface area contributed by atoms with Crippen LogP contribution in [-0.2, 0) is 19.4 Å². The highest BCUT2D eigenvalue weighted by Crippen LogP contribution is 2.31. The van der Waals surface area contributed by atoms with Crippen molar-refractivity contribution in [1.82, 2.24) is 14.5 Å². The van der Waals surface area contributed by atoms with Crippen molar-refractivity contribution < 1.29 is 14.3 Å². The van der Waals surface area contributed by atoms with E-state index in [4.69, 9.17) is 0 Å². The molecule has 160 valence electrons. The third kappa shape index (κ3) is 3.88. The maximum atomic E-state index is 13.7. The van der Waals surface area contributed by atoms with Gasteiger partial charge >= 0.3 is 11.7 Å². The Morgan fingerprint density at radius 2 is 2.03 bits per heavy atom. The predicted molar refractivity (Wildman–Crippen MR) is 118 cm³/mol. The zero-order valence-corrected chi connectivity index (χ0v) is 17.8. The highest BCUT2D eigenvalue weighted by molar-refractivity contribution is 7.19. The second kappa shape index (κ2) is 8.07.